The Balaban J connectivity index is 1.57. The van der Waals surface area contributed by atoms with Crippen molar-refractivity contribution >= 4 is 46.5 Å². The van der Waals surface area contributed by atoms with E-state index < -0.39 is 11.7 Å². The largest absolute Gasteiger partial charge is 0.444 e. The number of hydrogen-bond donors (Lipinski definition) is 2. The number of anilines is 1. The van der Waals surface area contributed by atoms with E-state index in [0.717, 1.165) is 16.9 Å². The van der Waals surface area contributed by atoms with Crippen molar-refractivity contribution in [3.8, 4) is 5.69 Å². The number of morpholine rings is 1. The topological polar surface area (TPSA) is 115 Å². The number of hydrogen-bond acceptors (Lipinski definition) is 7. The second-order valence-corrected chi connectivity index (χ2v) is 11.4. The lowest BCUT2D eigenvalue weighted by Gasteiger charge is -2.28. The molecule has 38 heavy (non-hydrogen) atoms. The molecule has 0 unspecified atom stereocenters. The normalized spacial score (nSPS) is 13.9. The summed E-state index contributed by atoms with van der Waals surface area (Å²) in [6.45, 7) is 8.64. The number of amides is 3. The van der Waals surface area contributed by atoms with Gasteiger partial charge in [-0.2, -0.15) is 0 Å². The van der Waals surface area contributed by atoms with Gasteiger partial charge in [0.15, 0.2) is 0 Å². The number of halogens is 1. The number of alkyl carbamates (subject to hydrolysis) is 1. The first kappa shape index (κ1) is 27.6. The first-order valence-electron chi connectivity index (χ1n) is 12.1. The van der Waals surface area contributed by atoms with Gasteiger partial charge >= 0.3 is 6.09 Å². The van der Waals surface area contributed by atoms with E-state index in [4.69, 9.17) is 21.1 Å². The lowest BCUT2D eigenvalue weighted by Crippen LogP contribution is -2.42. The second-order valence-electron chi connectivity index (χ2n) is 9.73. The van der Waals surface area contributed by atoms with Crippen molar-refractivity contribution in [1.82, 2.24) is 20.2 Å². The number of aryl methyl sites for hydroxylation is 1. The van der Waals surface area contributed by atoms with E-state index in [9.17, 15) is 14.4 Å². The van der Waals surface area contributed by atoms with Gasteiger partial charge in [0.1, 0.15) is 18.0 Å². The lowest BCUT2D eigenvalue weighted by atomic mass is 10.1. The molecule has 1 aliphatic rings. The van der Waals surface area contributed by atoms with Crippen LogP contribution in [0.5, 0.6) is 0 Å². The zero-order valence-electron chi connectivity index (χ0n) is 21.7. The fraction of sp³-hybridized carbons (Fsp3) is 0.385. The Morgan fingerprint density at radius 1 is 1.18 bits per heavy atom. The minimum atomic E-state index is -0.635. The predicted molar refractivity (Wildman–Crippen MR) is 145 cm³/mol. The minimum absolute atomic E-state index is 0.0654. The second kappa shape index (κ2) is 11.5. The van der Waals surface area contributed by atoms with Crippen LogP contribution in [0.4, 0.5) is 10.5 Å². The summed E-state index contributed by atoms with van der Waals surface area (Å²) in [6.07, 6.45) is 1.25. The molecule has 1 aromatic carbocycles. The molecular weight excluding hydrogens is 530 g/mol. The third-order valence-electron chi connectivity index (χ3n) is 5.58. The van der Waals surface area contributed by atoms with Crippen LogP contribution in [0.15, 0.2) is 36.5 Å². The summed E-state index contributed by atoms with van der Waals surface area (Å²) >= 11 is 7.14. The average molecular weight is 560 g/mol. The highest BCUT2D eigenvalue weighted by atomic mass is 35.5. The first-order valence-corrected chi connectivity index (χ1v) is 13.3. The zero-order valence-corrected chi connectivity index (χ0v) is 23.2. The molecule has 0 atom stereocenters. The van der Waals surface area contributed by atoms with Gasteiger partial charge in [-0.25, -0.2) is 9.78 Å². The number of carbonyl (C=O) groups is 3. The van der Waals surface area contributed by atoms with E-state index in [1.54, 1.807) is 37.8 Å². The van der Waals surface area contributed by atoms with Gasteiger partial charge in [-0.15, -0.1) is 11.3 Å². The summed E-state index contributed by atoms with van der Waals surface area (Å²) in [5.74, 6) is 0.219. The molecule has 2 aromatic heterocycles. The van der Waals surface area contributed by atoms with Crippen molar-refractivity contribution in [3.05, 3.63) is 62.8 Å². The van der Waals surface area contributed by atoms with E-state index in [-0.39, 0.29) is 31.5 Å². The van der Waals surface area contributed by atoms with Crippen LogP contribution >= 0.6 is 22.9 Å². The number of carbonyl (C=O) groups excluding carboxylic acids is 3. The van der Waals surface area contributed by atoms with Crippen LogP contribution in [0.1, 0.15) is 47.5 Å². The fourth-order valence-electron chi connectivity index (χ4n) is 3.93. The number of ether oxygens (including phenoxy) is 2. The Morgan fingerprint density at radius 3 is 2.63 bits per heavy atom. The van der Waals surface area contributed by atoms with Gasteiger partial charge in [0.2, 0.25) is 0 Å². The molecule has 0 radical (unpaired) electrons. The smallest absolute Gasteiger partial charge is 0.408 e. The molecule has 4 rings (SSSR count). The highest BCUT2D eigenvalue weighted by Crippen LogP contribution is 2.26. The van der Waals surface area contributed by atoms with E-state index in [1.165, 1.54) is 11.3 Å². The van der Waals surface area contributed by atoms with Crippen LogP contribution in [0, 0.1) is 6.92 Å². The summed E-state index contributed by atoms with van der Waals surface area (Å²) in [4.78, 5) is 44.0. The van der Waals surface area contributed by atoms with Crippen LogP contribution in [-0.4, -0.2) is 52.8 Å². The Bertz CT molecular complexity index is 1350. The standard InChI is InChI=1S/C26H30ClN5O5S/c1-16-11-18(5-6-19(16)31-9-10-36-15-23(31)33)32-14-17(12-28-24(34)20-7-8-21(27)38-20)30-22(32)13-29-25(35)37-26(2,3)4/h5-8,11,14H,9-10,12-13,15H2,1-4H3,(H,28,34)(H,29,35). The SMILES string of the molecule is Cc1cc(-n2cc(CNC(=O)c3ccc(Cl)s3)nc2CNC(=O)OC(C)(C)C)ccc1N1CCOCC1=O. The molecule has 0 aliphatic carbocycles. The van der Waals surface area contributed by atoms with Crippen LogP contribution in [0.2, 0.25) is 4.34 Å². The molecule has 3 heterocycles. The van der Waals surface area contributed by atoms with Gasteiger partial charge in [-0.05, 0) is 63.6 Å². The molecule has 3 amide bonds. The van der Waals surface area contributed by atoms with Crippen LogP contribution in [-0.2, 0) is 27.4 Å². The monoisotopic (exact) mass is 559 g/mol. The summed E-state index contributed by atoms with van der Waals surface area (Å²) in [6, 6.07) is 9.07. The van der Waals surface area contributed by atoms with Crippen LogP contribution in [0.25, 0.3) is 5.69 Å². The quantitative estimate of drug-likeness (QED) is 0.448. The molecule has 1 aliphatic heterocycles. The number of nitrogens with one attached hydrogen (secondary N) is 2. The number of thiophene rings is 1. The average Bonchev–Trinajstić information content (AvgIpc) is 3.47. The van der Waals surface area contributed by atoms with Crippen molar-refractivity contribution in [1.29, 1.82) is 0 Å². The molecule has 202 valence electrons. The maximum atomic E-state index is 12.5. The highest BCUT2D eigenvalue weighted by Gasteiger charge is 2.22. The van der Waals surface area contributed by atoms with Gasteiger partial charge in [-0.3, -0.25) is 9.59 Å². The number of rotatable bonds is 7. The zero-order chi connectivity index (χ0) is 27.4. The molecule has 0 saturated carbocycles. The van der Waals surface area contributed by atoms with Crippen molar-refractivity contribution < 1.29 is 23.9 Å². The molecule has 3 aromatic rings. The maximum Gasteiger partial charge on any atom is 0.408 e. The van der Waals surface area contributed by atoms with Gasteiger partial charge in [0, 0.05) is 24.1 Å². The summed E-state index contributed by atoms with van der Waals surface area (Å²) in [5.41, 5.74) is 2.48. The molecule has 0 bridgehead atoms. The Labute approximate surface area is 229 Å². The molecule has 1 saturated heterocycles. The fourth-order valence-corrected chi connectivity index (χ4v) is 4.89. The Hall–Kier alpha value is -3.41. The molecule has 0 spiro atoms. The van der Waals surface area contributed by atoms with Gasteiger partial charge in [-0.1, -0.05) is 11.6 Å². The van der Waals surface area contributed by atoms with Crippen LogP contribution < -0.4 is 15.5 Å². The van der Waals surface area contributed by atoms with Gasteiger partial charge < -0.3 is 29.6 Å². The van der Waals surface area contributed by atoms with Crippen molar-refractivity contribution in [2.24, 2.45) is 0 Å². The highest BCUT2D eigenvalue weighted by molar-refractivity contribution is 7.18. The molecule has 10 nitrogen and oxygen atoms in total. The lowest BCUT2D eigenvalue weighted by molar-refractivity contribution is -0.125. The molecule has 12 heteroatoms. The van der Waals surface area contributed by atoms with Crippen molar-refractivity contribution in [2.45, 2.75) is 46.4 Å². The third-order valence-corrected chi connectivity index (χ3v) is 6.81. The summed E-state index contributed by atoms with van der Waals surface area (Å²) in [7, 11) is 0. The third kappa shape index (κ3) is 6.91. The van der Waals surface area contributed by atoms with E-state index in [0.29, 0.717) is 33.9 Å². The van der Waals surface area contributed by atoms with Crippen molar-refractivity contribution in [2.75, 3.05) is 24.7 Å². The van der Waals surface area contributed by atoms with E-state index in [1.807, 2.05) is 35.9 Å². The Morgan fingerprint density at radius 2 is 1.97 bits per heavy atom. The molecular formula is C26H30ClN5O5S. The predicted octanol–water partition coefficient (Wildman–Crippen LogP) is 4.21. The maximum absolute atomic E-state index is 12.5. The van der Waals surface area contributed by atoms with E-state index in [2.05, 4.69) is 15.6 Å². The molecule has 2 N–H and O–H groups in total. The van der Waals surface area contributed by atoms with Gasteiger partial charge in [0.25, 0.3) is 11.8 Å². The summed E-state index contributed by atoms with van der Waals surface area (Å²) < 4.78 is 13.0. The number of aromatic nitrogens is 2. The van der Waals surface area contributed by atoms with Crippen molar-refractivity contribution in [3.63, 3.8) is 0 Å². The van der Waals surface area contributed by atoms with Gasteiger partial charge in [0.05, 0.1) is 34.6 Å². The van der Waals surface area contributed by atoms with Crippen LogP contribution in [0.3, 0.4) is 0 Å². The molecule has 1 fully saturated rings. The Kier molecular flexibility index (Phi) is 8.39. The number of imidazole rings is 1. The number of benzene rings is 1. The first-order chi connectivity index (χ1) is 18.0. The number of nitrogens with zero attached hydrogens (tertiary/aromatic N) is 3. The summed E-state index contributed by atoms with van der Waals surface area (Å²) in [5, 5.41) is 5.60. The minimum Gasteiger partial charge on any atom is -0.444 e. The van der Waals surface area contributed by atoms with E-state index >= 15 is 0 Å².